The Morgan fingerprint density at radius 1 is 1.47 bits per heavy atom. The monoisotopic (exact) mass is 267 g/mol. The molecule has 0 amide bonds. The van der Waals surface area contributed by atoms with Gasteiger partial charge in [0.1, 0.15) is 0 Å². The maximum Gasteiger partial charge on any atom is 0.165 e. The molecule has 1 unspecified atom stereocenters. The molecule has 19 heavy (non-hydrogen) atoms. The standard InChI is InChI=1S/C15H22FNO2/c1-11(17-7-2-8-18)13-5-6-15(14(16)9-13)19-10-12-3-4-12/h5-6,9,11-12,17-18H,2-4,7-8,10H2,1H3. The second kappa shape index (κ2) is 6.87. The zero-order valence-electron chi connectivity index (χ0n) is 11.4. The van der Waals surface area contributed by atoms with Crippen molar-refractivity contribution in [3.63, 3.8) is 0 Å². The Bertz CT molecular complexity index is 407. The summed E-state index contributed by atoms with van der Waals surface area (Å²) in [5, 5.41) is 12.0. The first kappa shape index (κ1) is 14.3. The largest absolute Gasteiger partial charge is 0.490 e. The Balaban J connectivity index is 1.88. The van der Waals surface area contributed by atoms with Crippen LogP contribution in [0.4, 0.5) is 4.39 Å². The van der Waals surface area contributed by atoms with Gasteiger partial charge in [-0.2, -0.15) is 0 Å². The molecule has 3 nitrogen and oxygen atoms in total. The van der Waals surface area contributed by atoms with E-state index in [1.165, 1.54) is 18.9 Å². The summed E-state index contributed by atoms with van der Waals surface area (Å²) in [6.07, 6.45) is 3.10. The van der Waals surface area contributed by atoms with Gasteiger partial charge in [0.05, 0.1) is 6.61 Å². The van der Waals surface area contributed by atoms with Gasteiger partial charge < -0.3 is 15.2 Å². The molecule has 0 aliphatic heterocycles. The quantitative estimate of drug-likeness (QED) is 0.711. The number of ether oxygens (including phenoxy) is 1. The van der Waals surface area contributed by atoms with Crippen LogP contribution < -0.4 is 10.1 Å². The summed E-state index contributed by atoms with van der Waals surface area (Å²) < 4.78 is 19.3. The lowest BCUT2D eigenvalue weighted by Gasteiger charge is -2.15. The normalized spacial score (nSPS) is 16.4. The smallest absolute Gasteiger partial charge is 0.165 e. The Morgan fingerprint density at radius 3 is 2.89 bits per heavy atom. The van der Waals surface area contributed by atoms with Crippen LogP contribution in [0, 0.1) is 11.7 Å². The highest BCUT2D eigenvalue weighted by molar-refractivity contribution is 5.31. The van der Waals surface area contributed by atoms with Crippen LogP contribution in [-0.2, 0) is 0 Å². The van der Waals surface area contributed by atoms with E-state index in [0.717, 1.165) is 12.1 Å². The van der Waals surface area contributed by atoms with Crippen molar-refractivity contribution in [3.05, 3.63) is 29.6 Å². The first-order chi connectivity index (χ1) is 9.20. The molecule has 1 aromatic carbocycles. The van der Waals surface area contributed by atoms with E-state index in [0.29, 0.717) is 24.7 Å². The lowest BCUT2D eigenvalue weighted by molar-refractivity contribution is 0.283. The lowest BCUT2D eigenvalue weighted by Crippen LogP contribution is -2.20. The Morgan fingerprint density at radius 2 is 2.26 bits per heavy atom. The van der Waals surface area contributed by atoms with Crippen molar-refractivity contribution < 1.29 is 14.2 Å². The number of nitrogens with one attached hydrogen (secondary N) is 1. The van der Waals surface area contributed by atoms with Crippen LogP contribution in [-0.4, -0.2) is 24.9 Å². The van der Waals surface area contributed by atoms with E-state index in [-0.39, 0.29) is 18.5 Å². The Kier molecular flexibility index (Phi) is 5.16. The van der Waals surface area contributed by atoms with E-state index in [1.807, 2.05) is 13.0 Å². The fourth-order valence-electron chi connectivity index (χ4n) is 1.91. The number of hydrogen-bond acceptors (Lipinski definition) is 3. The summed E-state index contributed by atoms with van der Waals surface area (Å²) in [5.41, 5.74) is 0.897. The molecule has 106 valence electrons. The van der Waals surface area contributed by atoms with Crippen molar-refractivity contribution >= 4 is 0 Å². The molecule has 2 rings (SSSR count). The van der Waals surface area contributed by atoms with Gasteiger partial charge in [0.25, 0.3) is 0 Å². The van der Waals surface area contributed by atoms with Crippen LogP contribution in [0.1, 0.15) is 37.8 Å². The minimum absolute atomic E-state index is 0.0681. The van der Waals surface area contributed by atoms with E-state index in [1.54, 1.807) is 6.07 Å². The predicted molar refractivity (Wildman–Crippen MR) is 72.7 cm³/mol. The molecule has 0 spiro atoms. The summed E-state index contributed by atoms with van der Waals surface area (Å²) in [6.45, 7) is 3.50. The Hall–Kier alpha value is -1.13. The SMILES string of the molecule is CC(NCCCO)c1ccc(OCC2CC2)c(F)c1. The van der Waals surface area contributed by atoms with Crippen LogP contribution in [0.2, 0.25) is 0 Å². The van der Waals surface area contributed by atoms with Gasteiger partial charge in [-0.15, -0.1) is 0 Å². The summed E-state index contributed by atoms with van der Waals surface area (Å²) in [6, 6.07) is 5.19. The third-order valence-electron chi connectivity index (χ3n) is 3.41. The Labute approximate surface area is 113 Å². The van der Waals surface area contributed by atoms with E-state index >= 15 is 0 Å². The van der Waals surface area contributed by atoms with Gasteiger partial charge in [-0.05, 0) is 56.3 Å². The molecule has 1 atom stereocenters. The van der Waals surface area contributed by atoms with E-state index in [9.17, 15) is 4.39 Å². The average molecular weight is 267 g/mol. The molecule has 2 N–H and O–H groups in total. The predicted octanol–water partition coefficient (Wildman–Crippen LogP) is 2.65. The molecule has 1 aromatic rings. The molecule has 1 aliphatic carbocycles. The van der Waals surface area contributed by atoms with Gasteiger partial charge in [0, 0.05) is 12.6 Å². The maximum atomic E-state index is 13.9. The highest BCUT2D eigenvalue weighted by Gasteiger charge is 2.22. The zero-order chi connectivity index (χ0) is 13.7. The zero-order valence-corrected chi connectivity index (χ0v) is 11.4. The van der Waals surface area contributed by atoms with E-state index in [4.69, 9.17) is 9.84 Å². The summed E-state index contributed by atoms with van der Waals surface area (Å²) in [4.78, 5) is 0. The molecule has 0 radical (unpaired) electrons. The van der Waals surface area contributed by atoms with Gasteiger partial charge in [-0.3, -0.25) is 0 Å². The summed E-state index contributed by atoms with van der Waals surface area (Å²) >= 11 is 0. The molecule has 0 saturated heterocycles. The third kappa shape index (κ3) is 4.48. The molecule has 0 aromatic heterocycles. The molecule has 0 bridgehead atoms. The fraction of sp³-hybridized carbons (Fsp3) is 0.600. The van der Waals surface area contributed by atoms with Crippen molar-refractivity contribution in [1.82, 2.24) is 5.32 Å². The lowest BCUT2D eigenvalue weighted by atomic mass is 10.1. The van der Waals surface area contributed by atoms with Gasteiger partial charge >= 0.3 is 0 Å². The molecular weight excluding hydrogens is 245 g/mol. The fourth-order valence-corrected chi connectivity index (χ4v) is 1.91. The van der Waals surface area contributed by atoms with Crippen molar-refractivity contribution in [2.24, 2.45) is 5.92 Å². The first-order valence-electron chi connectivity index (χ1n) is 6.97. The number of aliphatic hydroxyl groups is 1. The van der Waals surface area contributed by atoms with Gasteiger partial charge in [-0.1, -0.05) is 6.07 Å². The highest BCUT2D eigenvalue weighted by Crippen LogP contribution is 2.30. The van der Waals surface area contributed by atoms with Crippen molar-refractivity contribution in [2.45, 2.75) is 32.2 Å². The topological polar surface area (TPSA) is 41.5 Å². The molecular formula is C15H22FNO2. The third-order valence-corrected chi connectivity index (χ3v) is 3.41. The molecule has 1 aliphatic rings. The van der Waals surface area contributed by atoms with Crippen LogP contribution in [0.25, 0.3) is 0 Å². The van der Waals surface area contributed by atoms with Crippen LogP contribution in [0.15, 0.2) is 18.2 Å². The number of rotatable bonds is 8. The first-order valence-corrected chi connectivity index (χ1v) is 6.97. The number of benzene rings is 1. The maximum absolute atomic E-state index is 13.9. The second-order valence-corrected chi connectivity index (χ2v) is 5.20. The minimum Gasteiger partial charge on any atom is -0.490 e. The van der Waals surface area contributed by atoms with Crippen LogP contribution >= 0.6 is 0 Å². The highest BCUT2D eigenvalue weighted by atomic mass is 19.1. The van der Waals surface area contributed by atoms with Gasteiger partial charge in [0.15, 0.2) is 11.6 Å². The minimum atomic E-state index is -0.297. The summed E-state index contributed by atoms with van der Waals surface area (Å²) in [7, 11) is 0. The van der Waals surface area contributed by atoms with Crippen molar-refractivity contribution in [1.29, 1.82) is 0 Å². The van der Waals surface area contributed by atoms with Gasteiger partial charge in [-0.25, -0.2) is 4.39 Å². The van der Waals surface area contributed by atoms with Crippen LogP contribution in [0.5, 0.6) is 5.75 Å². The number of aliphatic hydroxyl groups excluding tert-OH is 1. The number of hydrogen-bond donors (Lipinski definition) is 2. The second-order valence-electron chi connectivity index (χ2n) is 5.20. The molecule has 1 fully saturated rings. The summed E-state index contributed by atoms with van der Waals surface area (Å²) in [5.74, 6) is 0.672. The van der Waals surface area contributed by atoms with Crippen molar-refractivity contribution in [2.75, 3.05) is 19.8 Å². The molecule has 4 heteroatoms. The van der Waals surface area contributed by atoms with Gasteiger partial charge in [0.2, 0.25) is 0 Å². The van der Waals surface area contributed by atoms with E-state index in [2.05, 4.69) is 5.32 Å². The average Bonchev–Trinajstić information content (AvgIpc) is 3.21. The molecule has 1 saturated carbocycles. The van der Waals surface area contributed by atoms with E-state index < -0.39 is 0 Å². The van der Waals surface area contributed by atoms with Crippen LogP contribution in [0.3, 0.4) is 0 Å². The van der Waals surface area contributed by atoms with Crippen molar-refractivity contribution in [3.8, 4) is 5.75 Å². The number of halogens is 1. The molecule has 0 heterocycles.